The van der Waals surface area contributed by atoms with Gasteiger partial charge in [-0.15, -0.1) is 11.8 Å². The molecule has 2 aromatic heterocycles. The fraction of sp³-hybridized carbons (Fsp3) is 0.462. The Morgan fingerprint density at radius 3 is 3.00 bits per heavy atom. The first-order valence-corrected chi connectivity index (χ1v) is 7.65. The van der Waals surface area contributed by atoms with E-state index in [1.54, 1.807) is 11.8 Å². The summed E-state index contributed by atoms with van der Waals surface area (Å²) in [6.45, 7) is 6.90. The number of carbonyl (C=O) groups excluding carboxylic acids is 1. The zero-order valence-corrected chi connectivity index (χ0v) is 12.5. The number of hydrogen-bond acceptors (Lipinski definition) is 4. The molecule has 0 radical (unpaired) electrons. The number of aromatic nitrogens is 4. The van der Waals surface area contributed by atoms with E-state index in [1.165, 1.54) is 0 Å². The molecule has 0 spiro atoms. The summed E-state index contributed by atoms with van der Waals surface area (Å²) in [6.07, 6.45) is 2.07. The second kappa shape index (κ2) is 4.97. The van der Waals surface area contributed by atoms with Crippen molar-refractivity contribution >= 4 is 23.5 Å². The number of H-pyrrole nitrogens is 1. The summed E-state index contributed by atoms with van der Waals surface area (Å²) in [6, 6.07) is 0. The summed E-state index contributed by atoms with van der Waals surface area (Å²) < 4.78 is 1.93. The van der Waals surface area contributed by atoms with Crippen LogP contribution in [0.15, 0.2) is 6.20 Å². The lowest BCUT2D eigenvalue weighted by Gasteiger charge is -2.13. The van der Waals surface area contributed by atoms with E-state index < -0.39 is 0 Å². The molecule has 3 rings (SSSR count). The van der Waals surface area contributed by atoms with Crippen LogP contribution in [0.3, 0.4) is 0 Å². The molecule has 0 aliphatic carbocycles. The van der Waals surface area contributed by atoms with E-state index in [4.69, 9.17) is 0 Å². The zero-order chi connectivity index (χ0) is 14.3. The van der Waals surface area contributed by atoms with Gasteiger partial charge in [-0.25, -0.2) is 0 Å². The maximum absolute atomic E-state index is 11.8. The number of aryl methyl sites for hydroxylation is 3. The van der Waals surface area contributed by atoms with Crippen LogP contribution in [-0.4, -0.2) is 31.6 Å². The zero-order valence-electron chi connectivity index (χ0n) is 11.7. The molecule has 2 aromatic rings. The molecule has 1 amide bonds. The van der Waals surface area contributed by atoms with Crippen molar-refractivity contribution in [1.82, 2.24) is 20.0 Å². The number of amides is 1. The van der Waals surface area contributed by atoms with Gasteiger partial charge in [0.2, 0.25) is 5.91 Å². The number of hydrogen-bond donors (Lipinski definition) is 2. The Labute approximate surface area is 121 Å². The Morgan fingerprint density at radius 1 is 1.50 bits per heavy atom. The number of thioether (sulfide) groups is 1. The topological polar surface area (TPSA) is 75.6 Å². The van der Waals surface area contributed by atoms with E-state index in [0.717, 1.165) is 29.1 Å². The molecule has 0 unspecified atom stereocenters. The minimum absolute atomic E-state index is 0.00853. The first-order chi connectivity index (χ1) is 9.60. The lowest BCUT2D eigenvalue weighted by molar-refractivity contribution is -0.113. The molecule has 1 aliphatic rings. The van der Waals surface area contributed by atoms with Crippen LogP contribution in [0, 0.1) is 13.8 Å². The van der Waals surface area contributed by atoms with Crippen molar-refractivity contribution in [3.8, 4) is 0 Å². The largest absolute Gasteiger partial charge is 0.308 e. The molecule has 20 heavy (non-hydrogen) atoms. The Balaban J connectivity index is 2.10. The predicted octanol–water partition coefficient (Wildman–Crippen LogP) is 2.02. The van der Waals surface area contributed by atoms with Gasteiger partial charge in [0.05, 0.1) is 16.7 Å². The molecule has 106 valence electrons. The summed E-state index contributed by atoms with van der Waals surface area (Å²) in [7, 11) is 0. The van der Waals surface area contributed by atoms with E-state index in [2.05, 4.69) is 33.7 Å². The minimum Gasteiger partial charge on any atom is -0.308 e. The van der Waals surface area contributed by atoms with Gasteiger partial charge in [-0.1, -0.05) is 0 Å². The number of fused-ring (bicyclic) bond motifs is 1. The van der Waals surface area contributed by atoms with Crippen LogP contribution in [0.4, 0.5) is 5.82 Å². The highest BCUT2D eigenvalue weighted by Crippen LogP contribution is 2.42. The molecule has 0 bridgehead atoms. The second-order valence-electron chi connectivity index (χ2n) is 4.88. The fourth-order valence-corrected chi connectivity index (χ4v) is 3.72. The quantitative estimate of drug-likeness (QED) is 0.887. The molecule has 0 saturated heterocycles. The smallest absolute Gasteiger partial charge is 0.235 e. The Kier molecular flexibility index (Phi) is 3.29. The molecule has 6 nitrogen and oxygen atoms in total. The van der Waals surface area contributed by atoms with Crippen molar-refractivity contribution < 1.29 is 4.79 Å². The van der Waals surface area contributed by atoms with Gasteiger partial charge in [0, 0.05) is 29.6 Å². The molecular formula is C13H17N5OS. The number of aromatic amines is 1. The Morgan fingerprint density at radius 2 is 2.30 bits per heavy atom. The first-order valence-electron chi connectivity index (χ1n) is 6.60. The average Bonchev–Trinajstić information content (AvgIpc) is 2.91. The molecular weight excluding hydrogens is 274 g/mol. The summed E-state index contributed by atoms with van der Waals surface area (Å²) in [4.78, 5) is 11.8. The Bertz CT molecular complexity index is 660. The van der Waals surface area contributed by atoms with Crippen LogP contribution in [0.25, 0.3) is 0 Å². The fourth-order valence-electron chi connectivity index (χ4n) is 2.46. The van der Waals surface area contributed by atoms with Crippen LogP contribution >= 0.6 is 11.8 Å². The van der Waals surface area contributed by atoms with Crippen LogP contribution in [-0.2, 0) is 11.3 Å². The first kappa shape index (κ1) is 13.2. The highest BCUT2D eigenvalue weighted by Gasteiger charge is 2.30. The van der Waals surface area contributed by atoms with Gasteiger partial charge in [-0.3, -0.25) is 14.6 Å². The van der Waals surface area contributed by atoms with Crippen molar-refractivity contribution in [2.24, 2.45) is 0 Å². The van der Waals surface area contributed by atoms with Crippen LogP contribution < -0.4 is 5.32 Å². The highest BCUT2D eigenvalue weighted by atomic mass is 32.2. The Hall–Kier alpha value is -1.76. The molecule has 1 atom stereocenters. The number of nitrogens with one attached hydrogen (secondary N) is 2. The lowest BCUT2D eigenvalue weighted by Crippen LogP contribution is -2.12. The van der Waals surface area contributed by atoms with Crippen molar-refractivity contribution in [2.45, 2.75) is 32.6 Å². The van der Waals surface area contributed by atoms with Gasteiger partial charge >= 0.3 is 0 Å². The molecule has 1 aliphatic heterocycles. The third-order valence-corrected chi connectivity index (χ3v) is 4.74. The van der Waals surface area contributed by atoms with E-state index >= 15 is 0 Å². The van der Waals surface area contributed by atoms with Gasteiger partial charge in [-0.05, 0) is 20.8 Å². The molecule has 7 heteroatoms. The molecule has 2 N–H and O–H groups in total. The van der Waals surface area contributed by atoms with E-state index in [-0.39, 0.29) is 11.2 Å². The molecule has 0 saturated carbocycles. The maximum Gasteiger partial charge on any atom is 0.235 e. The normalized spacial score (nSPS) is 18.6. The average molecular weight is 291 g/mol. The third-order valence-electron chi connectivity index (χ3n) is 3.49. The van der Waals surface area contributed by atoms with Gasteiger partial charge in [0.1, 0.15) is 0 Å². The van der Waals surface area contributed by atoms with Gasteiger partial charge in [-0.2, -0.15) is 10.2 Å². The van der Waals surface area contributed by atoms with Gasteiger partial charge < -0.3 is 5.32 Å². The summed E-state index contributed by atoms with van der Waals surface area (Å²) >= 11 is 1.62. The standard InChI is InChI=1S/C13H17N5OS/c1-4-18-5-9(7(2)17-18)12-11-8(3)15-16-13(11)14-10(19)6-20-12/h5,12H,4,6H2,1-3H3,(H2,14,15,16,19)/t12-/m1/s1. The third kappa shape index (κ3) is 2.11. The summed E-state index contributed by atoms with van der Waals surface area (Å²) in [5.74, 6) is 1.06. The maximum atomic E-state index is 11.8. The molecule has 0 fully saturated rings. The summed E-state index contributed by atoms with van der Waals surface area (Å²) in [5, 5.41) is 14.6. The monoisotopic (exact) mass is 291 g/mol. The minimum atomic E-state index is -0.00853. The second-order valence-corrected chi connectivity index (χ2v) is 5.97. The van der Waals surface area contributed by atoms with Gasteiger partial charge in [0.25, 0.3) is 0 Å². The molecule has 0 aromatic carbocycles. The van der Waals surface area contributed by atoms with E-state index in [9.17, 15) is 4.79 Å². The van der Waals surface area contributed by atoms with Crippen molar-refractivity contribution in [2.75, 3.05) is 11.1 Å². The lowest BCUT2D eigenvalue weighted by atomic mass is 10.1. The number of anilines is 1. The number of carbonyl (C=O) groups is 1. The SMILES string of the molecule is CCn1cc([C@H]2SCC(=O)Nc3n[nH]c(C)c32)c(C)n1. The number of rotatable bonds is 2. The van der Waals surface area contributed by atoms with E-state index in [1.807, 2.05) is 18.5 Å². The molecule has 3 heterocycles. The van der Waals surface area contributed by atoms with Crippen molar-refractivity contribution in [1.29, 1.82) is 0 Å². The van der Waals surface area contributed by atoms with Gasteiger partial charge in [0.15, 0.2) is 5.82 Å². The summed E-state index contributed by atoms with van der Waals surface area (Å²) in [5.41, 5.74) is 4.20. The van der Waals surface area contributed by atoms with E-state index in [0.29, 0.717) is 11.6 Å². The van der Waals surface area contributed by atoms with Crippen molar-refractivity contribution in [3.05, 3.63) is 28.7 Å². The van der Waals surface area contributed by atoms with Crippen LogP contribution in [0.1, 0.15) is 34.7 Å². The van der Waals surface area contributed by atoms with Crippen LogP contribution in [0.5, 0.6) is 0 Å². The predicted molar refractivity (Wildman–Crippen MR) is 78.9 cm³/mol. The van der Waals surface area contributed by atoms with Crippen molar-refractivity contribution in [3.63, 3.8) is 0 Å². The highest BCUT2D eigenvalue weighted by molar-refractivity contribution is 8.00. The number of nitrogens with zero attached hydrogens (tertiary/aromatic N) is 3. The van der Waals surface area contributed by atoms with Crippen LogP contribution in [0.2, 0.25) is 0 Å².